The van der Waals surface area contributed by atoms with Crippen molar-refractivity contribution in [2.45, 2.75) is 350 Å². The van der Waals surface area contributed by atoms with Gasteiger partial charge in [-0.1, -0.05) is 280 Å². The van der Waals surface area contributed by atoms with Gasteiger partial charge in [0.05, 0.1) is 26.4 Å². The minimum absolute atomic E-state index is 0.101. The van der Waals surface area contributed by atoms with Gasteiger partial charge in [-0.25, -0.2) is 9.13 Å². The van der Waals surface area contributed by atoms with Crippen molar-refractivity contribution in [3.8, 4) is 0 Å². The predicted molar refractivity (Wildman–Crippen MR) is 349 cm³/mol. The number of aliphatic hydroxyl groups is 1. The van der Waals surface area contributed by atoms with Crippen LogP contribution in [0.1, 0.15) is 331 Å². The van der Waals surface area contributed by atoms with Gasteiger partial charge in [-0.2, -0.15) is 0 Å². The van der Waals surface area contributed by atoms with Crippen LogP contribution in [0.2, 0.25) is 0 Å². The van der Waals surface area contributed by atoms with E-state index in [1.54, 1.807) is 0 Å². The zero-order valence-corrected chi connectivity index (χ0v) is 58.4. The molecule has 0 aliphatic rings. The maximum absolute atomic E-state index is 13.0. The van der Waals surface area contributed by atoms with Crippen LogP contribution >= 0.6 is 15.6 Å². The number of phosphoric ester groups is 2. The lowest BCUT2D eigenvalue weighted by atomic mass is 9.99. The minimum atomic E-state index is -4.95. The molecule has 7 atom stereocenters. The predicted octanol–water partition coefficient (Wildman–Crippen LogP) is 18.9. The van der Waals surface area contributed by atoms with E-state index in [1.807, 2.05) is 0 Å². The molecule has 0 amide bonds. The average molecular weight is 1280 g/mol. The molecule has 0 aromatic heterocycles. The summed E-state index contributed by atoms with van der Waals surface area (Å²) in [6.07, 6.45) is 39.2. The third-order valence-corrected chi connectivity index (χ3v) is 18.2. The van der Waals surface area contributed by atoms with Gasteiger partial charge in [0.1, 0.15) is 19.3 Å². The highest BCUT2D eigenvalue weighted by Crippen LogP contribution is 2.45. The average Bonchev–Trinajstić information content (AvgIpc) is 3.69. The number of ether oxygens (including phenoxy) is 4. The van der Waals surface area contributed by atoms with E-state index in [-0.39, 0.29) is 25.7 Å². The number of esters is 4. The number of hydrogen-bond donors (Lipinski definition) is 3. The first-order valence-electron chi connectivity index (χ1n) is 35.3. The lowest BCUT2D eigenvalue weighted by Gasteiger charge is -2.21. The SMILES string of the molecule is CCC(C)CCCCCCCCCCCCCCCCC(=O)O[C@H](COC(=O)CCCCCCCCCC(C)C)COP(=O)(O)OC[C@@H](O)COP(=O)(O)OC[C@@H](COC(=O)CCCCCCCCC(C)CC)OC(=O)CCCCCCCCC(C)C. The quantitative estimate of drug-likeness (QED) is 0.0222. The number of phosphoric acid groups is 2. The smallest absolute Gasteiger partial charge is 0.462 e. The van der Waals surface area contributed by atoms with Crippen molar-refractivity contribution in [1.29, 1.82) is 0 Å². The Kier molecular flexibility index (Phi) is 56.6. The van der Waals surface area contributed by atoms with Gasteiger partial charge in [0.2, 0.25) is 0 Å². The third-order valence-electron chi connectivity index (χ3n) is 16.3. The zero-order valence-electron chi connectivity index (χ0n) is 56.6. The Morgan fingerprint density at radius 1 is 0.322 bits per heavy atom. The summed E-state index contributed by atoms with van der Waals surface area (Å²) in [5.41, 5.74) is 0. The van der Waals surface area contributed by atoms with Crippen molar-refractivity contribution >= 4 is 39.5 Å². The highest BCUT2D eigenvalue weighted by Gasteiger charge is 2.30. The molecule has 0 aliphatic carbocycles. The Balaban J connectivity index is 5.20. The molecule has 0 bridgehead atoms. The Morgan fingerprint density at radius 2 is 0.552 bits per heavy atom. The van der Waals surface area contributed by atoms with E-state index in [9.17, 15) is 43.2 Å². The molecule has 0 aromatic rings. The highest BCUT2D eigenvalue weighted by molar-refractivity contribution is 7.47. The monoisotopic (exact) mass is 1280 g/mol. The van der Waals surface area contributed by atoms with Crippen LogP contribution in [-0.4, -0.2) is 96.7 Å². The second kappa shape index (κ2) is 57.9. The Morgan fingerprint density at radius 3 is 0.816 bits per heavy atom. The molecule has 4 unspecified atom stereocenters. The lowest BCUT2D eigenvalue weighted by Crippen LogP contribution is -2.30. The van der Waals surface area contributed by atoms with Crippen LogP contribution in [0.3, 0.4) is 0 Å². The van der Waals surface area contributed by atoms with E-state index < -0.39 is 97.5 Å². The summed E-state index contributed by atoms with van der Waals surface area (Å²) in [7, 11) is -9.90. The maximum Gasteiger partial charge on any atom is 0.472 e. The molecule has 0 saturated carbocycles. The second-order valence-electron chi connectivity index (χ2n) is 26.0. The summed E-state index contributed by atoms with van der Waals surface area (Å²) in [6.45, 7) is 14.0. The number of carbonyl (C=O) groups is 4. The number of unbranched alkanes of at least 4 members (excludes halogenated alkanes) is 29. The van der Waals surface area contributed by atoms with Crippen LogP contribution in [0.5, 0.6) is 0 Å². The van der Waals surface area contributed by atoms with Crippen molar-refractivity contribution in [3.63, 3.8) is 0 Å². The molecular formula is C68H132O17P2. The van der Waals surface area contributed by atoms with Gasteiger partial charge in [-0.3, -0.25) is 37.3 Å². The number of aliphatic hydroxyl groups excluding tert-OH is 1. The third kappa shape index (κ3) is 60.1. The van der Waals surface area contributed by atoms with Gasteiger partial charge in [-0.15, -0.1) is 0 Å². The minimum Gasteiger partial charge on any atom is -0.462 e. The van der Waals surface area contributed by atoms with E-state index >= 15 is 0 Å². The fourth-order valence-corrected chi connectivity index (χ4v) is 11.7. The zero-order chi connectivity index (χ0) is 64.7. The van der Waals surface area contributed by atoms with Crippen LogP contribution in [0.4, 0.5) is 0 Å². The summed E-state index contributed by atoms with van der Waals surface area (Å²) in [4.78, 5) is 72.3. The van der Waals surface area contributed by atoms with Gasteiger partial charge in [0.15, 0.2) is 12.2 Å². The molecule has 17 nitrogen and oxygen atoms in total. The van der Waals surface area contributed by atoms with Gasteiger partial charge in [0, 0.05) is 25.7 Å². The molecule has 3 N–H and O–H groups in total. The molecule has 0 heterocycles. The highest BCUT2D eigenvalue weighted by atomic mass is 31.2. The second-order valence-corrected chi connectivity index (χ2v) is 28.9. The van der Waals surface area contributed by atoms with E-state index in [2.05, 4.69) is 55.4 Å². The van der Waals surface area contributed by atoms with Crippen molar-refractivity contribution in [1.82, 2.24) is 0 Å². The first-order valence-corrected chi connectivity index (χ1v) is 38.3. The number of carbonyl (C=O) groups excluding carboxylic acids is 4. The van der Waals surface area contributed by atoms with Crippen LogP contribution in [0.15, 0.2) is 0 Å². The maximum atomic E-state index is 13.0. The molecule has 0 radical (unpaired) electrons. The van der Waals surface area contributed by atoms with Crippen LogP contribution < -0.4 is 0 Å². The van der Waals surface area contributed by atoms with Crippen LogP contribution in [-0.2, 0) is 65.4 Å². The van der Waals surface area contributed by atoms with Gasteiger partial charge < -0.3 is 33.8 Å². The molecule has 19 heteroatoms. The largest absolute Gasteiger partial charge is 0.472 e. The molecule has 0 aliphatic heterocycles. The van der Waals surface area contributed by atoms with Crippen LogP contribution in [0.25, 0.3) is 0 Å². The standard InChI is InChI=1S/C68H132O17P2/c1-9-60(7)46-38-30-21-17-15-13-11-12-14-16-18-22-34-42-50-67(72)84-63(54-78-65(70)48-40-32-23-19-20-28-36-44-58(3)4)56-82-86(74,75)80-52-62(69)53-81-87(76,77)83-57-64(85-68(73)51-43-35-26-24-29-37-45-59(5)6)55-79-66(71)49-41-33-27-25-31-39-47-61(8)10-2/h58-64,69H,9-57H2,1-8H3,(H,74,75)(H,76,77)/t60?,61?,62-,63-,64-/m1/s1. The van der Waals surface area contributed by atoms with Gasteiger partial charge in [-0.05, 0) is 49.4 Å². The fraction of sp³-hybridized carbons (Fsp3) is 0.941. The van der Waals surface area contributed by atoms with E-state index in [0.717, 1.165) is 115 Å². The van der Waals surface area contributed by atoms with E-state index in [4.69, 9.17) is 37.0 Å². The molecule has 0 spiro atoms. The molecule has 0 saturated heterocycles. The molecule has 516 valence electrons. The molecule has 0 rings (SSSR count). The first-order chi connectivity index (χ1) is 41.7. The van der Waals surface area contributed by atoms with Crippen molar-refractivity contribution in [3.05, 3.63) is 0 Å². The Bertz CT molecular complexity index is 1730. The van der Waals surface area contributed by atoms with Crippen molar-refractivity contribution in [2.24, 2.45) is 23.7 Å². The summed E-state index contributed by atoms with van der Waals surface area (Å²) in [5.74, 6) is 0.813. The summed E-state index contributed by atoms with van der Waals surface area (Å²) >= 11 is 0. The molecule has 87 heavy (non-hydrogen) atoms. The van der Waals surface area contributed by atoms with E-state index in [0.29, 0.717) is 37.5 Å². The molecule has 0 aromatic carbocycles. The molecular weight excluding hydrogens is 1150 g/mol. The van der Waals surface area contributed by atoms with Gasteiger partial charge >= 0.3 is 39.5 Å². The normalized spacial score (nSPS) is 15.0. The van der Waals surface area contributed by atoms with E-state index in [1.165, 1.54) is 122 Å². The fourth-order valence-electron chi connectivity index (χ4n) is 10.1. The Labute approximate surface area is 530 Å². The lowest BCUT2D eigenvalue weighted by molar-refractivity contribution is -0.161. The van der Waals surface area contributed by atoms with Crippen molar-refractivity contribution in [2.75, 3.05) is 39.6 Å². The topological polar surface area (TPSA) is 237 Å². The summed E-state index contributed by atoms with van der Waals surface area (Å²) < 4.78 is 68.1. The van der Waals surface area contributed by atoms with Crippen LogP contribution in [0, 0.1) is 23.7 Å². The first kappa shape index (κ1) is 85.1. The van der Waals surface area contributed by atoms with Crippen molar-refractivity contribution < 1.29 is 80.2 Å². The van der Waals surface area contributed by atoms with Gasteiger partial charge in [0.25, 0.3) is 0 Å². The number of rotatable bonds is 65. The summed E-state index contributed by atoms with van der Waals surface area (Å²) in [6, 6.07) is 0. The Hall–Kier alpha value is -1.94. The molecule has 0 fully saturated rings. The number of hydrogen-bond acceptors (Lipinski definition) is 15. The summed E-state index contributed by atoms with van der Waals surface area (Å²) in [5, 5.41) is 10.6.